The minimum Gasteiger partial charge on any atom is -0.396 e. The van der Waals surface area contributed by atoms with Gasteiger partial charge in [-0.1, -0.05) is 70.6 Å². The summed E-state index contributed by atoms with van der Waals surface area (Å²) in [6, 6.07) is 0. The van der Waals surface area contributed by atoms with E-state index in [1.807, 2.05) is 0 Å². The molecule has 0 amide bonds. The lowest BCUT2D eigenvalue weighted by Crippen LogP contribution is -2.39. The van der Waals surface area contributed by atoms with Crippen LogP contribution >= 0.6 is 0 Å². The van der Waals surface area contributed by atoms with Gasteiger partial charge in [0.25, 0.3) is 5.56 Å². The lowest BCUT2D eigenvalue weighted by atomic mass is 10.0. The number of aliphatic hydroxyl groups is 1. The lowest BCUT2D eigenvalue weighted by Gasteiger charge is -2.08. The zero-order valence-corrected chi connectivity index (χ0v) is 18.2. The summed E-state index contributed by atoms with van der Waals surface area (Å²) in [5.41, 5.74) is 0.418. The molecule has 0 saturated heterocycles. The highest BCUT2D eigenvalue weighted by molar-refractivity contribution is 5.69. The Labute approximate surface area is 173 Å². The first-order valence-corrected chi connectivity index (χ1v) is 11.3. The van der Waals surface area contributed by atoms with Gasteiger partial charge in [0, 0.05) is 27.2 Å². The van der Waals surface area contributed by atoms with Gasteiger partial charge >= 0.3 is 5.69 Å². The smallest absolute Gasteiger partial charge is 0.332 e. The molecule has 2 rings (SSSR count). The van der Waals surface area contributed by atoms with Crippen LogP contribution in [0.2, 0.25) is 0 Å². The average Bonchev–Trinajstić information content (AvgIpc) is 3.10. The number of aliphatic hydroxyl groups excluding tert-OH is 1. The van der Waals surface area contributed by atoms with Gasteiger partial charge in [-0.2, -0.15) is 0 Å². The van der Waals surface area contributed by atoms with E-state index in [2.05, 4.69) is 4.98 Å². The molecular weight excluding hydrogens is 368 g/mol. The van der Waals surface area contributed by atoms with Crippen molar-refractivity contribution in [1.82, 2.24) is 18.7 Å². The minimum atomic E-state index is -0.280. The highest BCUT2D eigenvalue weighted by Gasteiger charge is 2.14. The molecular formula is C22H38N4O3. The summed E-state index contributed by atoms with van der Waals surface area (Å²) >= 11 is 0. The number of nitrogens with zero attached hydrogens (tertiary/aromatic N) is 4. The summed E-state index contributed by atoms with van der Waals surface area (Å²) < 4.78 is 4.50. The molecule has 0 saturated carbocycles. The molecule has 0 aliphatic rings. The van der Waals surface area contributed by atoms with E-state index in [0.717, 1.165) is 32.1 Å². The zero-order valence-electron chi connectivity index (χ0n) is 18.2. The fraction of sp³-hybridized carbons (Fsp3) is 0.773. The van der Waals surface area contributed by atoms with Gasteiger partial charge < -0.3 is 9.67 Å². The molecule has 7 nitrogen and oxygen atoms in total. The van der Waals surface area contributed by atoms with Crippen LogP contribution in [0, 0.1) is 0 Å². The molecule has 0 aromatic carbocycles. The maximum absolute atomic E-state index is 12.6. The summed E-state index contributed by atoms with van der Waals surface area (Å²) in [4.78, 5) is 29.2. The fourth-order valence-corrected chi connectivity index (χ4v) is 3.92. The maximum Gasteiger partial charge on any atom is 0.332 e. The normalized spacial score (nSPS) is 11.6. The molecule has 0 bridgehead atoms. The van der Waals surface area contributed by atoms with E-state index in [9.17, 15) is 9.59 Å². The van der Waals surface area contributed by atoms with Crippen LogP contribution in [0.1, 0.15) is 83.5 Å². The van der Waals surface area contributed by atoms with Crippen LogP contribution in [0.5, 0.6) is 0 Å². The third-order valence-electron chi connectivity index (χ3n) is 5.74. The molecule has 0 radical (unpaired) electrons. The van der Waals surface area contributed by atoms with Crippen LogP contribution in [-0.2, 0) is 20.6 Å². The third kappa shape index (κ3) is 6.84. The van der Waals surface area contributed by atoms with Gasteiger partial charge in [0.05, 0.1) is 6.33 Å². The van der Waals surface area contributed by atoms with Gasteiger partial charge in [-0.3, -0.25) is 13.9 Å². The number of rotatable bonds is 15. The molecule has 0 atom stereocenters. The molecule has 2 aromatic heterocycles. The molecule has 0 aliphatic heterocycles. The van der Waals surface area contributed by atoms with E-state index >= 15 is 0 Å². The van der Waals surface area contributed by atoms with Crippen molar-refractivity contribution >= 4 is 11.2 Å². The fourth-order valence-electron chi connectivity index (χ4n) is 3.92. The molecule has 0 spiro atoms. The highest BCUT2D eigenvalue weighted by Crippen LogP contribution is 2.12. The van der Waals surface area contributed by atoms with E-state index in [0.29, 0.717) is 24.3 Å². The topological polar surface area (TPSA) is 82.1 Å². The number of imidazole rings is 1. The SMILES string of the molecule is Cn1cnc2c1c(=O)n(CCCCCCCCCCCCCCCO)c(=O)n2C. The molecule has 7 heteroatoms. The van der Waals surface area contributed by atoms with Gasteiger partial charge in [-0.15, -0.1) is 0 Å². The van der Waals surface area contributed by atoms with Gasteiger partial charge in [0.15, 0.2) is 11.2 Å². The van der Waals surface area contributed by atoms with Crippen LogP contribution in [0.3, 0.4) is 0 Å². The third-order valence-corrected chi connectivity index (χ3v) is 5.74. The minimum absolute atomic E-state index is 0.237. The Hall–Kier alpha value is -1.89. The summed E-state index contributed by atoms with van der Waals surface area (Å²) in [5.74, 6) is 0. The van der Waals surface area contributed by atoms with Crippen LogP contribution in [0.4, 0.5) is 0 Å². The first kappa shape index (κ1) is 23.4. The molecule has 2 heterocycles. The van der Waals surface area contributed by atoms with Gasteiger partial charge in [0.2, 0.25) is 0 Å². The monoisotopic (exact) mass is 406 g/mol. The molecule has 2 aromatic rings. The highest BCUT2D eigenvalue weighted by atomic mass is 16.3. The van der Waals surface area contributed by atoms with Gasteiger partial charge in [-0.25, -0.2) is 9.78 Å². The summed E-state index contributed by atoms with van der Waals surface area (Å²) in [5, 5.41) is 8.74. The van der Waals surface area contributed by atoms with Crippen molar-refractivity contribution in [3.05, 3.63) is 27.2 Å². The predicted octanol–water partition coefficient (Wildman–Crippen LogP) is 3.50. The summed E-state index contributed by atoms with van der Waals surface area (Å²) in [7, 11) is 3.45. The van der Waals surface area contributed by atoms with Gasteiger partial charge in [-0.05, 0) is 12.8 Å². The number of hydrogen-bond donors (Lipinski definition) is 1. The van der Waals surface area contributed by atoms with E-state index < -0.39 is 0 Å². The largest absolute Gasteiger partial charge is 0.396 e. The molecule has 0 fully saturated rings. The van der Waals surface area contributed by atoms with Crippen molar-refractivity contribution < 1.29 is 5.11 Å². The second-order valence-electron chi connectivity index (χ2n) is 8.15. The average molecular weight is 407 g/mol. The number of hydrogen-bond acceptors (Lipinski definition) is 4. The number of fused-ring (bicyclic) bond motifs is 1. The Bertz CT molecular complexity index is 850. The van der Waals surface area contributed by atoms with Crippen LogP contribution in [0.25, 0.3) is 11.2 Å². The van der Waals surface area contributed by atoms with Crippen molar-refractivity contribution in [3.8, 4) is 0 Å². The van der Waals surface area contributed by atoms with Crippen molar-refractivity contribution in [2.75, 3.05) is 6.61 Å². The number of unbranched alkanes of at least 4 members (excludes halogenated alkanes) is 12. The molecule has 0 unspecified atom stereocenters. The Kier molecular flexibility index (Phi) is 10.2. The lowest BCUT2D eigenvalue weighted by molar-refractivity contribution is 0.282. The van der Waals surface area contributed by atoms with E-state index in [-0.39, 0.29) is 11.2 Å². The molecule has 29 heavy (non-hydrogen) atoms. The van der Waals surface area contributed by atoms with Crippen molar-refractivity contribution in [2.24, 2.45) is 14.1 Å². The maximum atomic E-state index is 12.6. The van der Waals surface area contributed by atoms with Crippen LogP contribution < -0.4 is 11.2 Å². The van der Waals surface area contributed by atoms with Gasteiger partial charge in [0.1, 0.15) is 0 Å². The van der Waals surface area contributed by atoms with Crippen LogP contribution in [-0.4, -0.2) is 30.4 Å². The van der Waals surface area contributed by atoms with Crippen molar-refractivity contribution in [1.29, 1.82) is 0 Å². The molecule has 164 valence electrons. The predicted molar refractivity (Wildman–Crippen MR) is 117 cm³/mol. The van der Waals surface area contributed by atoms with E-state index in [1.165, 1.54) is 60.5 Å². The molecule has 1 N–H and O–H groups in total. The number of aromatic nitrogens is 4. The summed E-state index contributed by atoms with van der Waals surface area (Å²) in [6.45, 7) is 0.802. The van der Waals surface area contributed by atoms with Crippen molar-refractivity contribution in [3.63, 3.8) is 0 Å². The summed E-state index contributed by atoms with van der Waals surface area (Å²) in [6.07, 6.45) is 17.0. The van der Waals surface area contributed by atoms with E-state index in [1.54, 1.807) is 25.0 Å². The Balaban J connectivity index is 1.59. The number of aryl methyl sites for hydroxylation is 2. The first-order valence-electron chi connectivity index (χ1n) is 11.3. The first-order chi connectivity index (χ1) is 14.1. The zero-order chi connectivity index (χ0) is 21.1. The quantitative estimate of drug-likeness (QED) is 0.459. The van der Waals surface area contributed by atoms with Crippen molar-refractivity contribution in [2.45, 2.75) is 90.0 Å². The standard InChI is InChI=1S/C22H38N4O3/c1-24-18-23-20-19(24)21(28)26(22(29)25(20)2)16-14-12-10-8-6-4-3-5-7-9-11-13-15-17-27/h18,27H,3-17H2,1-2H3. The second kappa shape index (κ2) is 12.6. The Morgan fingerprint density at radius 1 is 0.793 bits per heavy atom. The Morgan fingerprint density at radius 2 is 1.28 bits per heavy atom. The molecule has 0 aliphatic carbocycles. The van der Waals surface area contributed by atoms with E-state index in [4.69, 9.17) is 5.11 Å². The second-order valence-corrected chi connectivity index (χ2v) is 8.15. The Morgan fingerprint density at radius 3 is 1.79 bits per heavy atom. The van der Waals surface area contributed by atoms with Crippen LogP contribution in [0.15, 0.2) is 15.9 Å².